The van der Waals surface area contributed by atoms with Crippen molar-refractivity contribution in [2.75, 3.05) is 26.7 Å². The molecule has 20 heavy (non-hydrogen) atoms. The molecule has 4 heteroatoms. The second-order valence-corrected chi connectivity index (χ2v) is 7.51. The quantitative estimate of drug-likeness (QED) is 0.692. The molecule has 0 spiro atoms. The minimum atomic E-state index is -0.216. The summed E-state index contributed by atoms with van der Waals surface area (Å²) in [4.78, 5) is 27.6. The van der Waals surface area contributed by atoms with Crippen LogP contribution in [0.5, 0.6) is 0 Å². The number of amides is 1. The molecule has 0 saturated carbocycles. The molecule has 1 rings (SSSR count). The van der Waals surface area contributed by atoms with Crippen molar-refractivity contribution in [2.24, 2.45) is 11.3 Å². The van der Waals surface area contributed by atoms with E-state index in [-0.39, 0.29) is 22.8 Å². The first-order valence-corrected chi connectivity index (χ1v) is 7.52. The second kappa shape index (κ2) is 6.25. The van der Waals surface area contributed by atoms with Crippen molar-refractivity contribution >= 4 is 12.2 Å². The third kappa shape index (κ3) is 4.05. The molecule has 0 aromatic carbocycles. The van der Waals surface area contributed by atoms with Crippen LogP contribution in [0.15, 0.2) is 0 Å². The molecule has 116 valence electrons. The third-order valence-corrected chi connectivity index (χ3v) is 4.60. The fraction of sp³-hybridized carbons (Fsp3) is 0.875. The molecule has 1 fully saturated rings. The Kier molecular flexibility index (Phi) is 5.36. The van der Waals surface area contributed by atoms with Gasteiger partial charge in [-0.05, 0) is 45.7 Å². The summed E-state index contributed by atoms with van der Waals surface area (Å²) in [6.45, 7) is 12.7. The molecule has 1 amide bonds. The molecule has 1 aliphatic heterocycles. The Bertz CT molecular complexity index is 363. The van der Waals surface area contributed by atoms with Gasteiger partial charge < -0.3 is 14.6 Å². The summed E-state index contributed by atoms with van der Waals surface area (Å²) in [5.41, 5.74) is -0.336. The van der Waals surface area contributed by atoms with Crippen molar-refractivity contribution < 1.29 is 9.59 Å². The van der Waals surface area contributed by atoms with E-state index in [1.165, 1.54) is 0 Å². The molecule has 1 heterocycles. The fourth-order valence-electron chi connectivity index (χ4n) is 3.63. The Morgan fingerprint density at radius 2 is 1.80 bits per heavy atom. The van der Waals surface area contributed by atoms with E-state index < -0.39 is 0 Å². The molecule has 4 nitrogen and oxygen atoms in total. The Hall–Kier alpha value is -0.900. The number of hydrogen-bond donors (Lipinski definition) is 0. The van der Waals surface area contributed by atoms with Crippen molar-refractivity contribution in [3.05, 3.63) is 0 Å². The van der Waals surface area contributed by atoms with E-state index in [0.717, 1.165) is 38.8 Å². The van der Waals surface area contributed by atoms with E-state index in [0.29, 0.717) is 0 Å². The van der Waals surface area contributed by atoms with Gasteiger partial charge in [0.1, 0.15) is 6.29 Å². The lowest BCUT2D eigenvalue weighted by Crippen LogP contribution is -2.52. The topological polar surface area (TPSA) is 40.6 Å². The van der Waals surface area contributed by atoms with Gasteiger partial charge in [0, 0.05) is 31.5 Å². The largest absolute Gasteiger partial charge is 0.338 e. The third-order valence-electron chi connectivity index (χ3n) is 4.60. The molecule has 1 aliphatic rings. The summed E-state index contributed by atoms with van der Waals surface area (Å²) in [6, 6.07) is 0. The van der Waals surface area contributed by atoms with Gasteiger partial charge in [-0.1, -0.05) is 13.8 Å². The zero-order chi connectivity index (χ0) is 15.6. The number of aldehydes is 1. The molecule has 0 bridgehead atoms. The van der Waals surface area contributed by atoms with Crippen LogP contribution in [0.1, 0.15) is 47.5 Å². The Morgan fingerprint density at radius 1 is 1.20 bits per heavy atom. The molecule has 0 N–H and O–H groups in total. The smallest absolute Gasteiger partial charge is 0.219 e. The van der Waals surface area contributed by atoms with Crippen LogP contribution in [-0.4, -0.2) is 54.2 Å². The van der Waals surface area contributed by atoms with Gasteiger partial charge in [-0.25, -0.2) is 0 Å². The predicted octanol–water partition coefficient (Wildman–Crippen LogP) is 2.18. The number of rotatable bonds is 1. The van der Waals surface area contributed by atoms with Gasteiger partial charge in [-0.15, -0.1) is 0 Å². The van der Waals surface area contributed by atoms with Gasteiger partial charge in [0.25, 0.3) is 0 Å². The predicted molar refractivity (Wildman–Crippen MR) is 81.5 cm³/mol. The number of carbonyl (C=O) groups is 2. The van der Waals surface area contributed by atoms with Crippen molar-refractivity contribution in [1.82, 2.24) is 9.80 Å². The van der Waals surface area contributed by atoms with Gasteiger partial charge in [-0.2, -0.15) is 0 Å². The molecule has 1 saturated heterocycles. The lowest BCUT2D eigenvalue weighted by molar-refractivity contribution is -0.136. The van der Waals surface area contributed by atoms with Crippen LogP contribution in [0.25, 0.3) is 0 Å². The van der Waals surface area contributed by atoms with E-state index in [2.05, 4.69) is 39.6 Å². The maximum Gasteiger partial charge on any atom is 0.219 e. The van der Waals surface area contributed by atoms with E-state index in [4.69, 9.17) is 0 Å². The summed E-state index contributed by atoms with van der Waals surface area (Å²) < 4.78 is 0. The maximum atomic E-state index is 12.0. The highest BCUT2D eigenvalue weighted by Crippen LogP contribution is 2.38. The van der Waals surface area contributed by atoms with Crippen LogP contribution in [-0.2, 0) is 9.59 Å². The lowest BCUT2D eigenvalue weighted by Gasteiger charge is -2.46. The number of nitrogens with zero attached hydrogens (tertiary/aromatic N) is 2. The van der Waals surface area contributed by atoms with Crippen molar-refractivity contribution in [3.8, 4) is 0 Å². The average Bonchev–Trinajstić information content (AvgIpc) is 2.28. The van der Waals surface area contributed by atoms with Crippen molar-refractivity contribution in [1.29, 1.82) is 0 Å². The van der Waals surface area contributed by atoms with Crippen molar-refractivity contribution in [2.45, 2.75) is 53.0 Å². The zero-order valence-electron chi connectivity index (χ0n) is 13.9. The van der Waals surface area contributed by atoms with Crippen LogP contribution in [0.3, 0.4) is 0 Å². The molecular formula is C16H30N2O2. The minimum absolute atomic E-state index is 0.00122. The summed E-state index contributed by atoms with van der Waals surface area (Å²) in [5, 5.41) is 0. The standard InChI is InChI=1S/C16H30N2O2/c1-13(20)18-9-7-8-17(6)10-14(11-19)15(2,3)12-16(18,4)5/h11,14H,7-10,12H2,1-6H3. The van der Waals surface area contributed by atoms with Crippen molar-refractivity contribution in [3.63, 3.8) is 0 Å². The van der Waals surface area contributed by atoms with Crippen LogP contribution in [0, 0.1) is 11.3 Å². The fourth-order valence-corrected chi connectivity index (χ4v) is 3.63. The summed E-state index contributed by atoms with van der Waals surface area (Å²) in [5.74, 6) is 0.121. The van der Waals surface area contributed by atoms with E-state index in [1.807, 2.05) is 4.90 Å². The summed E-state index contributed by atoms with van der Waals surface area (Å²) in [7, 11) is 2.05. The van der Waals surface area contributed by atoms with Crippen LogP contribution in [0.2, 0.25) is 0 Å². The van der Waals surface area contributed by atoms with Gasteiger partial charge in [0.2, 0.25) is 5.91 Å². The SMILES string of the molecule is CC(=O)N1CCCN(C)CC(C=O)C(C)(C)CC1(C)C. The highest BCUT2D eigenvalue weighted by atomic mass is 16.2. The van der Waals surface area contributed by atoms with Crippen LogP contribution >= 0.6 is 0 Å². The first kappa shape index (κ1) is 17.2. The average molecular weight is 282 g/mol. The molecule has 0 aromatic heterocycles. The Labute approximate surface area is 123 Å². The van der Waals surface area contributed by atoms with E-state index in [9.17, 15) is 9.59 Å². The molecule has 0 aromatic rings. The lowest BCUT2D eigenvalue weighted by atomic mass is 9.70. The van der Waals surface area contributed by atoms with Crippen LogP contribution in [0.4, 0.5) is 0 Å². The molecule has 0 aliphatic carbocycles. The highest BCUT2D eigenvalue weighted by molar-refractivity contribution is 5.74. The van der Waals surface area contributed by atoms with E-state index >= 15 is 0 Å². The van der Waals surface area contributed by atoms with E-state index in [1.54, 1.807) is 6.92 Å². The van der Waals surface area contributed by atoms with Gasteiger partial charge in [0.15, 0.2) is 0 Å². The molecule has 0 radical (unpaired) electrons. The number of hydrogen-bond acceptors (Lipinski definition) is 3. The number of carbonyl (C=O) groups excluding carboxylic acids is 2. The second-order valence-electron chi connectivity index (χ2n) is 7.51. The summed E-state index contributed by atoms with van der Waals surface area (Å²) >= 11 is 0. The van der Waals surface area contributed by atoms with Gasteiger partial charge in [0.05, 0.1) is 0 Å². The minimum Gasteiger partial charge on any atom is -0.338 e. The molecular weight excluding hydrogens is 252 g/mol. The summed E-state index contributed by atoms with van der Waals surface area (Å²) in [6.07, 6.45) is 2.87. The Balaban J connectivity index is 3.08. The van der Waals surface area contributed by atoms with Gasteiger partial charge in [-0.3, -0.25) is 4.79 Å². The highest BCUT2D eigenvalue weighted by Gasteiger charge is 2.40. The van der Waals surface area contributed by atoms with Crippen LogP contribution < -0.4 is 0 Å². The first-order chi connectivity index (χ1) is 9.10. The maximum absolute atomic E-state index is 12.0. The molecule has 1 atom stereocenters. The monoisotopic (exact) mass is 282 g/mol. The normalized spacial score (nSPS) is 27.9. The first-order valence-electron chi connectivity index (χ1n) is 7.52. The van der Waals surface area contributed by atoms with Gasteiger partial charge >= 0.3 is 0 Å². The molecule has 1 unspecified atom stereocenters. The zero-order valence-corrected chi connectivity index (χ0v) is 13.9. The Morgan fingerprint density at radius 3 is 2.30 bits per heavy atom.